The van der Waals surface area contributed by atoms with Crippen LogP contribution in [-0.2, 0) is 27.2 Å². The molecule has 0 spiro atoms. The fourth-order valence-electron chi connectivity index (χ4n) is 2.91. The molecular formula is C23H22O4. The summed E-state index contributed by atoms with van der Waals surface area (Å²) in [5.74, 6) is 0.478. The summed E-state index contributed by atoms with van der Waals surface area (Å²) in [5, 5.41) is 2.10. The van der Waals surface area contributed by atoms with Gasteiger partial charge >= 0.3 is 5.97 Å². The molecule has 3 rings (SSSR count). The smallest absolute Gasteiger partial charge is 0.305 e. The first-order chi connectivity index (χ1) is 13.1. The SMILES string of the molecule is COC(=O)CCc1ccc2ccc(OCC(=O)Cc3ccccc3)cc2c1. The zero-order chi connectivity index (χ0) is 19.1. The van der Waals surface area contributed by atoms with Crippen LogP contribution in [0.4, 0.5) is 0 Å². The molecule has 0 atom stereocenters. The lowest BCUT2D eigenvalue weighted by Crippen LogP contribution is -2.13. The number of aryl methyl sites for hydroxylation is 1. The Labute approximate surface area is 158 Å². The zero-order valence-electron chi connectivity index (χ0n) is 15.3. The van der Waals surface area contributed by atoms with Crippen LogP contribution in [0.5, 0.6) is 5.75 Å². The minimum atomic E-state index is -0.218. The number of ketones is 1. The highest BCUT2D eigenvalue weighted by atomic mass is 16.5. The largest absolute Gasteiger partial charge is 0.486 e. The molecule has 0 bridgehead atoms. The van der Waals surface area contributed by atoms with Gasteiger partial charge in [0.25, 0.3) is 0 Å². The summed E-state index contributed by atoms with van der Waals surface area (Å²) in [5.41, 5.74) is 2.05. The quantitative estimate of drug-likeness (QED) is 0.565. The molecule has 3 aromatic rings. The van der Waals surface area contributed by atoms with E-state index in [9.17, 15) is 9.59 Å². The van der Waals surface area contributed by atoms with Gasteiger partial charge in [0, 0.05) is 12.8 Å². The molecule has 0 heterocycles. The number of hydrogen-bond acceptors (Lipinski definition) is 4. The van der Waals surface area contributed by atoms with Crippen LogP contribution in [0, 0.1) is 0 Å². The highest BCUT2D eigenvalue weighted by Gasteiger charge is 2.07. The summed E-state index contributed by atoms with van der Waals surface area (Å²) in [6.45, 7) is 0.0441. The fourth-order valence-corrected chi connectivity index (χ4v) is 2.91. The third-order valence-corrected chi connectivity index (χ3v) is 4.37. The second-order valence-corrected chi connectivity index (χ2v) is 6.41. The minimum absolute atomic E-state index is 0.0353. The van der Waals surface area contributed by atoms with Gasteiger partial charge in [0.1, 0.15) is 12.4 Å². The van der Waals surface area contributed by atoms with Gasteiger partial charge in [0.15, 0.2) is 5.78 Å². The van der Waals surface area contributed by atoms with Crippen molar-refractivity contribution in [3.05, 3.63) is 77.9 Å². The van der Waals surface area contributed by atoms with Crippen molar-refractivity contribution in [2.24, 2.45) is 0 Å². The summed E-state index contributed by atoms with van der Waals surface area (Å²) in [7, 11) is 1.39. The van der Waals surface area contributed by atoms with E-state index < -0.39 is 0 Å². The average Bonchev–Trinajstić information content (AvgIpc) is 2.70. The van der Waals surface area contributed by atoms with Crippen LogP contribution in [0.15, 0.2) is 66.7 Å². The van der Waals surface area contributed by atoms with E-state index in [2.05, 4.69) is 4.74 Å². The summed E-state index contributed by atoms with van der Waals surface area (Å²) in [6, 6.07) is 21.5. The van der Waals surface area contributed by atoms with Crippen molar-refractivity contribution in [3.63, 3.8) is 0 Å². The van der Waals surface area contributed by atoms with Gasteiger partial charge in [-0.05, 0) is 40.5 Å². The number of esters is 1. The molecule has 0 aliphatic carbocycles. The lowest BCUT2D eigenvalue weighted by Gasteiger charge is -2.08. The molecule has 0 unspecified atom stereocenters. The van der Waals surface area contributed by atoms with E-state index in [1.807, 2.05) is 66.7 Å². The molecule has 4 nitrogen and oxygen atoms in total. The zero-order valence-corrected chi connectivity index (χ0v) is 15.3. The topological polar surface area (TPSA) is 52.6 Å². The van der Waals surface area contributed by atoms with Gasteiger partial charge in [-0.2, -0.15) is 0 Å². The van der Waals surface area contributed by atoms with Crippen LogP contribution in [-0.4, -0.2) is 25.5 Å². The van der Waals surface area contributed by atoms with Gasteiger partial charge in [0.05, 0.1) is 7.11 Å². The van der Waals surface area contributed by atoms with Crippen molar-refractivity contribution < 1.29 is 19.1 Å². The third-order valence-electron chi connectivity index (χ3n) is 4.37. The van der Waals surface area contributed by atoms with E-state index in [1.165, 1.54) is 7.11 Å². The maximum absolute atomic E-state index is 12.1. The van der Waals surface area contributed by atoms with Crippen molar-refractivity contribution in [1.29, 1.82) is 0 Å². The van der Waals surface area contributed by atoms with E-state index in [0.29, 0.717) is 25.0 Å². The lowest BCUT2D eigenvalue weighted by molar-refractivity contribution is -0.140. The molecule has 0 amide bonds. The molecule has 3 aromatic carbocycles. The molecule has 0 aromatic heterocycles. The molecule has 0 saturated carbocycles. The number of hydrogen-bond donors (Lipinski definition) is 0. The van der Waals surface area contributed by atoms with E-state index in [4.69, 9.17) is 4.74 Å². The standard InChI is InChI=1S/C23H22O4/c1-26-23(25)12-8-18-7-9-19-10-11-22(15-20(19)13-18)27-16-21(24)14-17-5-3-2-4-6-17/h2-7,9-11,13,15H,8,12,14,16H2,1H3. The van der Waals surface area contributed by atoms with E-state index in [-0.39, 0.29) is 18.4 Å². The van der Waals surface area contributed by atoms with Gasteiger partial charge in [0.2, 0.25) is 0 Å². The van der Waals surface area contributed by atoms with Crippen molar-refractivity contribution in [2.75, 3.05) is 13.7 Å². The minimum Gasteiger partial charge on any atom is -0.486 e. The van der Waals surface area contributed by atoms with Crippen LogP contribution >= 0.6 is 0 Å². The van der Waals surface area contributed by atoms with Crippen molar-refractivity contribution >= 4 is 22.5 Å². The number of carbonyl (C=O) groups is 2. The Bertz CT molecular complexity index is 932. The molecule has 4 heteroatoms. The molecule has 0 aliphatic heterocycles. The van der Waals surface area contributed by atoms with Crippen molar-refractivity contribution in [1.82, 2.24) is 0 Å². The van der Waals surface area contributed by atoms with Gasteiger partial charge < -0.3 is 9.47 Å². The van der Waals surface area contributed by atoms with Crippen LogP contribution in [0.25, 0.3) is 10.8 Å². The summed E-state index contributed by atoms with van der Waals surface area (Å²) < 4.78 is 10.4. The second kappa shape index (κ2) is 8.99. The predicted octanol–water partition coefficient (Wildman–Crippen LogP) is 4.14. The van der Waals surface area contributed by atoms with Crippen LogP contribution in [0.2, 0.25) is 0 Å². The van der Waals surface area contributed by atoms with Crippen molar-refractivity contribution in [2.45, 2.75) is 19.3 Å². The summed E-state index contributed by atoms with van der Waals surface area (Å²) in [6.07, 6.45) is 1.35. The summed E-state index contributed by atoms with van der Waals surface area (Å²) >= 11 is 0. The molecule has 0 fully saturated rings. The molecule has 0 saturated heterocycles. The normalized spacial score (nSPS) is 10.6. The Morgan fingerprint density at radius 1 is 0.852 bits per heavy atom. The fraction of sp³-hybridized carbons (Fsp3) is 0.217. The van der Waals surface area contributed by atoms with Gasteiger partial charge in [-0.25, -0.2) is 0 Å². The first-order valence-electron chi connectivity index (χ1n) is 8.92. The maximum Gasteiger partial charge on any atom is 0.305 e. The molecule has 138 valence electrons. The van der Waals surface area contributed by atoms with Gasteiger partial charge in [-0.1, -0.05) is 54.6 Å². The lowest BCUT2D eigenvalue weighted by atomic mass is 10.0. The Kier molecular flexibility index (Phi) is 6.21. The number of carbonyl (C=O) groups excluding carboxylic acids is 2. The highest BCUT2D eigenvalue weighted by molar-refractivity contribution is 5.85. The first kappa shape index (κ1) is 18.6. The van der Waals surface area contributed by atoms with Gasteiger partial charge in [-0.3, -0.25) is 9.59 Å². The number of rotatable bonds is 8. The molecule has 0 N–H and O–H groups in total. The molecule has 0 radical (unpaired) electrons. The molecule has 27 heavy (non-hydrogen) atoms. The van der Waals surface area contributed by atoms with E-state index in [0.717, 1.165) is 21.9 Å². The predicted molar refractivity (Wildman–Crippen MR) is 105 cm³/mol. The summed E-state index contributed by atoms with van der Waals surface area (Å²) in [4.78, 5) is 23.4. The van der Waals surface area contributed by atoms with Crippen molar-refractivity contribution in [3.8, 4) is 5.75 Å². The Hall–Kier alpha value is -3.14. The second-order valence-electron chi connectivity index (χ2n) is 6.41. The van der Waals surface area contributed by atoms with Crippen LogP contribution in [0.1, 0.15) is 17.5 Å². The number of benzene rings is 3. The average molecular weight is 362 g/mol. The Morgan fingerprint density at radius 3 is 2.41 bits per heavy atom. The van der Waals surface area contributed by atoms with Crippen LogP contribution in [0.3, 0.4) is 0 Å². The Morgan fingerprint density at radius 2 is 1.63 bits per heavy atom. The maximum atomic E-state index is 12.1. The van der Waals surface area contributed by atoms with E-state index >= 15 is 0 Å². The Balaban J connectivity index is 1.62. The first-order valence-corrected chi connectivity index (χ1v) is 8.92. The number of Topliss-reactive ketones (excluding diaryl/α,β-unsaturated/α-hetero) is 1. The number of ether oxygens (including phenoxy) is 2. The molecule has 0 aliphatic rings. The van der Waals surface area contributed by atoms with Gasteiger partial charge in [-0.15, -0.1) is 0 Å². The van der Waals surface area contributed by atoms with E-state index in [1.54, 1.807) is 0 Å². The number of methoxy groups -OCH3 is 1. The monoisotopic (exact) mass is 362 g/mol. The third kappa shape index (κ3) is 5.42. The number of fused-ring (bicyclic) bond motifs is 1. The molecular weight excluding hydrogens is 340 g/mol. The highest BCUT2D eigenvalue weighted by Crippen LogP contribution is 2.23. The van der Waals surface area contributed by atoms with Crippen LogP contribution < -0.4 is 4.74 Å².